The molecule has 1 aromatic carbocycles. The summed E-state index contributed by atoms with van der Waals surface area (Å²) in [5.74, 6) is -2.89. The van der Waals surface area contributed by atoms with Gasteiger partial charge in [0.05, 0.1) is 31.0 Å². The molecule has 0 amide bonds. The van der Waals surface area contributed by atoms with E-state index in [0.717, 1.165) is 11.1 Å². The molecule has 10 heteroatoms. The van der Waals surface area contributed by atoms with E-state index in [-0.39, 0.29) is 38.8 Å². The molecule has 0 radical (unpaired) electrons. The van der Waals surface area contributed by atoms with Gasteiger partial charge < -0.3 is 20.6 Å². The van der Waals surface area contributed by atoms with Crippen molar-refractivity contribution in [2.24, 2.45) is 0 Å². The number of benzene rings is 1. The second kappa shape index (κ2) is 17.2. The highest BCUT2D eigenvalue weighted by atomic mass is 16.4. The van der Waals surface area contributed by atoms with Crippen molar-refractivity contribution in [3.05, 3.63) is 65.0 Å². The normalized spacial score (nSPS) is 11.6. The Bertz CT molecular complexity index is 983. The number of likely N-dealkylation sites (N-methyl/N-ethyl adjacent to an activating group) is 1. The van der Waals surface area contributed by atoms with Crippen molar-refractivity contribution in [2.75, 3.05) is 32.7 Å². The first-order chi connectivity index (χ1) is 17.7. The zero-order valence-electron chi connectivity index (χ0n) is 22.2. The lowest BCUT2D eigenvalue weighted by Crippen LogP contribution is -2.48. The third-order valence-electron chi connectivity index (χ3n) is 5.53. The molecule has 1 atom stereocenters. The molecule has 204 valence electrons. The minimum Gasteiger partial charge on any atom is -0.480 e. The van der Waals surface area contributed by atoms with Crippen LogP contribution in [0.3, 0.4) is 0 Å². The van der Waals surface area contributed by atoms with Crippen LogP contribution in [-0.2, 0) is 33.9 Å². The summed E-state index contributed by atoms with van der Waals surface area (Å²) in [6, 6.07) is 13.1. The lowest BCUT2D eigenvalue weighted by Gasteiger charge is -2.34. The van der Waals surface area contributed by atoms with E-state index in [0.29, 0.717) is 30.9 Å². The van der Waals surface area contributed by atoms with E-state index < -0.39 is 17.9 Å². The second-order valence-corrected chi connectivity index (χ2v) is 8.48. The number of carboxylic acids is 3. The van der Waals surface area contributed by atoms with Crippen LogP contribution in [0.4, 0.5) is 0 Å². The van der Waals surface area contributed by atoms with Gasteiger partial charge >= 0.3 is 17.9 Å². The van der Waals surface area contributed by atoms with Crippen molar-refractivity contribution in [1.82, 2.24) is 20.1 Å². The molecular formula is C27H40N4O6. The SMILES string of the molecule is CC.CCN(CC(=O)O)CC(Cc1ccc(C)cc1)N(CC(=O)O)Cc1cccc(CNCC(=O)O)n1. The fourth-order valence-corrected chi connectivity index (χ4v) is 3.81. The van der Waals surface area contributed by atoms with Gasteiger partial charge in [0.1, 0.15) is 0 Å². The van der Waals surface area contributed by atoms with Gasteiger partial charge in [-0.25, -0.2) is 0 Å². The van der Waals surface area contributed by atoms with E-state index in [1.165, 1.54) is 0 Å². The molecule has 0 saturated heterocycles. The van der Waals surface area contributed by atoms with Crippen LogP contribution in [0.2, 0.25) is 0 Å². The van der Waals surface area contributed by atoms with Gasteiger partial charge in [-0.2, -0.15) is 0 Å². The van der Waals surface area contributed by atoms with Crippen LogP contribution in [0.5, 0.6) is 0 Å². The van der Waals surface area contributed by atoms with E-state index in [1.54, 1.807) is 23.1 Å². The van der Waals surface area contributed by atoms with Crippen LogP contribution >= 0.6 is 0 Å². The molecule has 0 aliphatic rings. The molecule has 0 spiro atoms. The highest BCUT2D eigenvalue weighted by Gasteiger charge is 2.25. The van der Waals surface area contributed by atoms with Crippen molar-refractivity contribution in [3.63, 3.8) is 0 Å². The number of aryl methyl sites for hydroxylation is 1. The zero-order valence-corrected chi connectivity index (χ0v) is 22.2. The van der Waals surface area contributed by atoms with Gasteiger partial charge in [0.2, 0.25) is 0 Å². The predicted molar refractivity (Wildman–Crippen MR) is 141 cm³/mol. The van der Waals surface area contributed by atoms with E-state index in [1.807, 2.05) is 56.9 Å². The second-order valence-electron chi connectivity index (χ2n) is 8.48. The molecule has 1 heterocycles. The number of pyridine rings is 1. The minimum absolute atomic E-state index is 0.134. The topological polar surface area (TPSA) is 143 Å². The summed E-state index contributed by atoms with van der Waals surface area (Å²) in [7, 11) is 0. The first-order valence-corrected chi connectivity index (χ1v) is 12.5. The molecule has 2 aromatic rings. The Kier molecular flexibility index (Phi) is 14.7. The van der Waals surface area contributed by atoms with Crippen LogP contribution in [0.1, 0.15) is 43.3 Å². The van der Waals surface area contributed by atoms with E-state index in [4.69, 9.17) is 5.11 Å². The van der Waals surface area contributed by atoms with Crippen molar-refractivity contribution >= 4 is 17.9 Å². The molecule has 37 heavy (non-hydrogen) atoms. The average molecular weight is 517 g/mol. The van der Waals surface area contributed by atoms with Crippen LogP contribution in [-0.4, -0.2) is 86.8 Å². The molecule has 0 saturated carbocycles. The third kappa shape index (κ3) is 13.0. The number of hydrogen-bond acceptors (Lipinski definition) is 7. The Hall–Kier alpha value is -3.34. The molecule has 1 aromatic heterocycles. The zero-order chi connectivity index (χ0) is 27.8. The Morgan fingerprint density at radius 3 is 2.11 bits per heavy atom. The Labute approximate surface area is 218 Å². The monoisotopic (exact) mass is 516 g/mol. The Morgan fingerprint density at radius 1 is 0.919 bits per heavy atom. The Balaban J connectivity index is 0.00000334. The summed E-state index contributed by atoms with van der Waals surface area (Å²) < 4.78 is 0. The lowest BCUT2D eigenvalue weighted by atomic mass is 10.0. The number of nitrogens with one attached hydrogen (secondary N) is 1. The van der Waals surface area contributed by atoms with Gasteiger partial charge in [-0.05, 0) is 37.6 Å². The van der Waals surface area contributed by atoms with Gasteiger partial charge in [-0.3, -0.25) is 29.2 Å². The summed E-state index contributed by atoms with van der Waals surface area (Å²) in [6.45, 7) is 8.73. The third-order valence-corrected chi connectivity index (χ3v) is 5.53. The first-order valence-electron chi connectivity index (χ1n) is 12.5. The number of carboxylic acid groups (broad SMARTS) is 3. The number of aliphatic carboxylic acids is 3. The van der Waals surface area contributed by atoms with Gasteiger partial charge in [0, 0.05) is 25.7 Å². The molecule has 0 aliphatic carbocycles. The number of nitrogens with zero attached hydrogens (tertiary/aromatic N) is 3. The molecule has 0 aliphatic heterocycles. The fraction of sp³-hybridized carbons (Fsp3) is 0.481. The Morgan fingerprint density at radius 2 is 1.54 bits per heavy atom. The number of rotatable bonds is 16. The highest BCUT2D eigenvalue weighted by molar-refractivity contribution is 5.69. The maximum absolute atomic E-state index is 11.8. The van der Waals surface area contributed by atoms with Crippen molar-refractivity contribution in [2.45, 2.75) is 53.2 Å². The van der Waals surface area contributed by atoms with Crippen molar-refractivity contribution in [3.8, 4) is 0 Å². The van der Waals surface area contributed by atoms with Gasteiger partial charge in [0.25, 0.3) is 0 Å². The van der Waals surface area contributed by atoms with E-state index in [2.05, 4.69) is 10.3 Å². The predicted octanol–water partition coefficient (Wildman–Crippen LogP) is 2.49. The molecule has 0 fully saturated rings. The fourth-order valence-electron chi connectivity index (χ4n) is 3.81. The van der Waals surface area contributed by atoms with Crippen molar-refractivity contribution < 1.29 is 29.7 Å². The molecular weight excluding hydrogens is 476 g/mol. The minimum atomic E-state index is -0.987. The summed E-state index contributed by atoms with van der Waals surface area (Å²) >= 11 is 0. The molecule has 2 rings (SSSR count). The van der Waals surface area contributed by atoms with Gasteiger partial charge in [0.15, 0.2) is 0 Å². The molecule has 4 N–H and O–H groups in total. The largest absolute Gasteiger partial charge is 0.480 e. The molecule has 1 unspecified atom stereocenters. The quantitative estimate of drug-likeness (QED) is 0.263. The maximum atomic E-state index is 11.8. The lowest BCUT2D eigenvalue weighted by molar-refractivity contribution is -0.141. The van der Waals surface area contributed by atoms with E-state index >= 15 is 0 Å². The number of hydrogen-bond donors (Lipinski definition) is 4. The van der Waals surface area contributed by atoms with E-state index in [9.17, 15) is 24.6 Å². The van der Waals surface area contributed by atoms with Crippen LogP contribution in [0.25, 0.3) is 0 Å². The van der Waals surface area contributed by atoms with Crippen molar-refractivity contribution in [1.29, 1.82) is 0 Å². The number of aromatic nitrogens is 1. The molecule has 0 bridgehead atoms. The average Bonchev–Trinajstić information content (AvgIpc) is 2.84. The summed E-state index contributed by atoms with van der Waals surface area (Å²) in [6.07, 6.45) is 0.545. The highest BCUT2D eigenvalue weighted by Crippen LogP contribution is 2.15. The summed E-state index contributed by atoms with van der Waals surface area (Å²) in [4.78, 5) is 42.0. The molecule has 10 nitrogen and oxygen atoms in total. The van der Waals surface area contributed by atoms with Gasteiger partial charge in [-0.15, -0.1) is 0 Å². The van der Waals surface area contributed by atoms with Crippen LogP contribution in [0.15, 0.2) is 42.5 Å². The van der Waals surface area contributed by atoms with Crippen LogP contribution in [0, 0.1) is 6.92 Å². The standard InChI is InChI=1S/C25H34N4O6.C2H6/c1-3-28(16-24(32)33)15-22(11-19-9-7-18(2)8-10-19)29(17-25(34)35)14-21-6-4-5-20(27-21)12-26-13-23(30)31;1-2/h4-10,22,26H,3,11-17H2,1-2H3,(H,30,31)(H,32,33)(H,34,35);1-2H3. The summed E-state index contributed by atoms with van der Waals surface area (Å²) in [5.41, 5.74) is 3.44. The van der Waals surface area contributed by atoms with Crippen LogP contribution < -0.4 is 5.32 Å². The smallest absolute Gasteiger partial charge is 0.317 e. The maximum Gasteiger partial charge on any atom is 0.317 e. The first kappa shape index (κ1) is 31.7. The van der Waals surface area contributed by atoms with Gasteiger partial charge in [-0.1, -0.05) is 56.7 Å². The summed E-state index contributed by atoms with van der Waals surface area (Å²) in [5, 5.41) is 30.5. The number of carbonyl (C=O) groups is 3.